The zero-order valence-corrected chi connectivity index (χ0v) is 20.2. The van der Waals surface area contributed by atoms with Crippen molar-refractivity contribution in [2.24, 2.45) is 0 Å². The second kappa shape index (κ2) is 29.1. The number of rotatable bonds is 10. The average Bonchev–Trinajstić information content (AvgIpc) is 2.55. The molecule has 2 N–H and O–H groups in total. The van der Waals surface area contributed by atoms with Crippen molar-refractivity contribution in [3.63, 3.8) is 0 Å². The molecule has 0 spiro atoms. The van der Waals surface area contributed by atoms with E-state index in [-0.39, 0.29) is 45.5 Å². The van der Waals surface area contributed by atoms with Crippen LogP contribution in [0.2, 0.25) is 0 Å². The first-order valence-corrected chi connectivity index (χ1v) is 9.66. The molecule has 0 aromatic carbocycles. The Kier molecular flexibility index (Phi) is 38.7. The first kappa shape index (κ1) is 38.5. The molecule has 29 heavy (non-hydrogen) atoms. The summed E-state index contributed by atoms with van der Waals surface area (Å²) in [7, 11) is 0. The maximum Gasteiger partial charge on any atom is 2.00 e. The second-order valence-corrected chi connectivity index (χ2v) is 6.19. The number of hydrogen-bond acceptors (Lipinski definition) is 8. The van der Waals surface area contributed by atoms with Gasteiger partial charge in [-0.15, -0.1) is 0 Å². The number of carboxylic acid groups (broad SMARTS) is 2. The van der Waals surface area contributed by atoms with Gasteiger partial charge in [0.2, 0.25) is 0 Å². The molecular formula is C20H38O8Ti. The van der Waals surface area contributed by atoms with Crippen molar-refractivity contribution in [1.82, 2.24) is 0 Å². The van der Waals surface area contributed by atoms with Crippen LogP contribution in [-0.2, 0) is 40.9 Å². The second-order valence-electron chi connectivity index (χ2n) is 6.19. The van der Waals surface area contributed by atoms with Gasteiger partial charge in [-0.3, -0.25) is 9.59 Å². The van der Waals surface area contributed by atoms with Crippen LogP contribution in [0.5, 0.6) is 0 Å². The van der Waals surface area contributed by atoms with Crippen LogP contribution >= 0.6 is 0 Å². The topological polar surface area (TPSA) is 155 Å². The number of Topliss-reactive ketones (excluding diaryl/α,β-unsaturated/α-hetero) is 2. The van der Waals surface area contributed by atoms with Crippen LogP contribution in [0.3, 0.4) is 0 Å². The summed E-state index contributed by atoms with van der Waals surface area (Å²) in [6, 6.07) is 0. The van der Waals surface area contributed by atoms with Crippen LogP contribution in [0.25, 0.3) is 0 Å². The van der Waals surface area contributed by atoms with Crippen LogP contribution in [0, 0.1) is 0 Å². The molecule has 0 fully saturated rings. The number of hydrogen-bond donors (Lipinski definition) is 2. The van der Waals surface area contributed by atoms with Gasteiger partial charge in [-0.1, -0.05) is 27.7 Å². The Labute approximate surface area is 190 Å². The third-order valence-corrected chi connectivity index (χ3v) is 2.92. The molecule has 0 radical (unpaired) electrons. The fourth-order valence-electron chi connectivity index (χ4n) is 1.06. The Bertz CT molecular complexity index is 371. The van der Waals surface area contributed by atoms with E-state index in [1.54, 1.807) is 13.8 Å². The van der Waals surface area contributed by atoms with Crippen molar-refractivity contribution >= 4 is 23.5 Å². The maximum atomic E-state index is 10.4. The molecule has 0 saturated heterocycles. The van der Waals surface area contributed by atoms with Crippen LogP contribution in [0.4, 0.5) is 0 Å². The molecular weight excluding hydrogens is 416 g/mol. The molecule has 0 aliphatic carbocycles. The molecule has 0 rings (SSSR count). The van der Waals surface area contributed by atoms with E-state index in [0.29, 0.717) is 25.7 Å². The van der Waals surface area contributed by atoms with Crippen molar-refractivity contribution in [1.29, 1.82) is 0 Å². The summed E-state index contributed by atoms with van der Waals surface area (Å²) in [4.78, 5) is 40.4. The SMILES string of the molecule is CCC(C)O.CCC(C)O.CCCC(=O)CC(=O)[O-].CCCC(=O)CC(=O)[O-].[Ti+2]. The van der Waals surface area contributed by atoms with Gasteiger partial charge in [0.1, 0.15) is 11.6 Å². The Morgan fingerprint density at radius 3 is 1.00 bits per heavy atom. The Balaban J connectivity index is -0.0000000907. The monoisotopic (exact) mass is 454 g/mol. The van der Waals surface area contributed by atoms with E-state index in [4.69, 9.17) is 10.2 Å². The number of carbonyl (C=O) groups excluding carboxylic acids is 4. The molecule has 0 heterocycles. The number of ketones is 2. The van der Waals surface area contributed by atoms with Crippen LogP contribution < -0.4 is 10.2 Å². The predicted molar refractivity (Wildman–Crippen MR) is 103 cm³/mol. The number of aliphatic hydroxyl groups is 2. The third kappa shape index (κ3) is 58.4. The fraction of sp³-hybridized carbons (Fsp3) is 0.800. The summed E-state index contributed by atoms with van der Waals surface area (Å²) in [5.41, 5.74) is 0. The molecule has 2 unspecified atom stereocenters. The van der Waals surface area contributed by atoms with E-state index >= 15 is 0 Å². The van der Waals surface area contributed by atoms with Gasteiger partial charge in [-0.25, -0.2) is 0 Å². The van der Waals surface area contributed by atoms with Crippen LogP contribution in [0.15, 0.2) is 0 Å². The zero-order chi connectivity index (χ0) is 23.1. The van der Waals surface area contributed by atoms with Crippen LogP contribution in [0.1, 0.15) is 92.9 Å². The van der Waals surface area contributed by atoms with E-state index < -0.39 is 24.8 Å². The van der Waals surface area contributed by atoms with Gasteiger partial charge < -0.3 is 30.0 Å². The fourth-order valence-corrected chi connectivity index (χ4v) is 1.06. The minimum Gasteiger partial charge on any atom is -0.550 e. The molecule has 0 aliphatic heterocycles. The molecule has 170 valence electrons. The van der Waals surface area contributed by atoms with Crippen molar-refractivity contribution in [2.45, 2.75) is 105 Å². The van der Waals surface area contributed by atoms with Gasteiger partial charge in [0.15, 0.2) is 0 Å². The van der Waals surface area contributed by atoms with E-state index in [2.05, 4.69) is 0 Å². The summed E-state index contributed by atoms with van der Waals surface area (Å²) in [5, 5.41) is 36.2. The van der Waals surface area contributed by atoms with Crippen LogP contribution in [-0.4, -0.2) is 45.9 Å². The summed E-state index contributed by atoms with van der Waals surface area (Å²) in [6.07, 6.45) is 2.70. The normalized spacial score (nSPS) is 10.8. The number of aliphatic hydroxyl groups excluding tert-OH is 2. The molecule has 0 aromatic heterocycles. The molecule has 0 saturated carbocycles. The third-order valence-electron chi connectivity index (χ3n) is 2.92. The first-order valence-electron chi connectivity index (χ1n) is 9.66. The van der Waals surface area contributed by atoms with Crippen molar-refractivity contribution in [3.8, 4) is 0 Å². The summed E-state index contributed by atoms with van der Waals surface area (Å²) < 4.78 is 0. The van der Waals surface area contributed by atoms with Crippen molar-refractivity contribution in [3.05, 3.63) is 0 Å². The summed E-state index contributed by atoms with van der Waals surface area (Å²) in [6.45, 7) is 11.1. The molecule has 0 amide bonds. The molecule has 9 heteroatoms. The van der Waals surface area contributed by atoms with Gasteiger partial charge >= 0.3 is 21.7 Å². The van der Waals surface area contributed by atoms with E-state index in [9.17, 15) is 29.4 Å². The molecule has 0 bridgehead atoms. The zero-order valence-electron chi connectivity index (χ0n) is 18.7. The molecule has 0 aromatic rings. The maximum absolute atomic E-state index is 10.4. The smallest absolute Gasteiger partial charge is 0.550 e. The molecule has 0 aliphatic rings. The van der Waals surface area contributed by atoms with Gasteiger partial charge in [-0.2, -0.15) is 0 Å². The Morgan fingerprint density at radius 1 is 0.690 bits per heavy atom. The largest absolute Gasteiger partial charge is 2.00 e. The number of aliphatic carboxylic acids is 2. The van der Waals surface area contributed by atoms with Gasteiger partial charge in [0.25, 0.3) is 0 Å². The minimum absolute atomic E-state index is 0. The number of carbonyl (C=O) groups is 4. The van der Waals surface area contributed by atoms with Gasteiger partial charge in [0, 0.05) is 37.6 Å². The standard InChI is InChI=1S/2C6H10O3.2C4H10O.Ti/c2*1-2-3-5(7)4-6(8)9;2*1-3-4(2)5;/h2*2-4H2,1H3,(H,8,9);2*4-5H,3H2,1-2H3;/q;;;;+2/p-2. The number of carboxylic acids is 2. The average molecular weight is 454 g/mol. The van der Waals surface area contributed by atoms with Gasteiger partial charge in [0.05, 0.1) is 12.2 Å². The predicted octanol–water partition coefficient (Wildman–Crippen LogP) is 0.543. The summed E-state index contributed by atoms with van der Waals surface area (Å²) in [5.74, 6) is -3.07. The van der Waals surface area contributed by atoms with Crippen molar-refractivity contribution in [2.75, 3.05) is 0 Å². The van der Waals surface area contributed by atoms with E-state index in [0.717, 1.165) is 12.8 Å². The molecule has 8 nitrogen and oxygen atoms in total. The quantitative estimate of drug-likeness (QED) is 0.358. The minimum atomic E-state index is -1.28. The molecule has 2 atom stereocenters. The van der Waals surface area contributed by atoms with E-state index in [1.807, 2.05) is 27.7 Å². The van der Waals surface area contributed by atoms with Crippen molar-refractivity contribution < 1.29 is 61.3 Å². The first-order chi connectivity index (χ1) is 12.9. The Hall–Kier alpha value is -1.09. The van der Waals surface area contributed by atoms with E-state index in [1.165, 1.54) is 0 Å². The summed E-state index contributed by atoms with van der Waals surface area (Å²) >= 11 is 0. The van der Waals surface area contributed by atoms with Gasteiger partial charge in [-0.05, 0) is 39.5 Å². The Morgan fingerprint density at radius 2 is 0.897 bits per heavy atom.